The van der Waals surface area contributed by atoms with Crippen molar-refractivity contribution in [3.8, 4) is 0 Å². The highest BCUT2D eigenvalue weighted by Crippen LogP contribution is 2.44. The Balaban J connectivity index is 1.94. The van der Waals surface area contributed by atoms with E-state index in [2.05, 4.69) is 43.0 Å². The third-order valence-electron chi connectivity index (χ3n) is 4.96. The minimum absolute atomic E-state index is 0.283. The molecule has 3 rings (SSSR count). The molecule has 0 bridgehead atoms. The van der Waals surface area contributed by atoms with Gasteiger partial charge in [-0.3, -0.25) is 4.90 Å². The van der Waals surface area contributed by atoms with E-state index in [4.69, 9.17) is 5.73 Å². The molecule has 1 aromatic carbocycles. The van der Waals surface area contributed by atoms with Crippen molar-refractivity contribution in [2.75, 3.05) is 13.1 Å². The fourth-order valence-electron chi connectivity index (χ4n) is 3.91. The number of rotatable bonds is 4. The van der Waals surface area contributed by atoms with Crippen LogP contribution in [0.25, 0.3) is 0 Å². The first-order chi connectivity index (χ1) is 10.2. The molecule has 2 nitrogen and oxygen atoms in total. The molecule has 0 spiro atoms. The first-order valence-corrected chi connectivity index (χ1v) is 8.75. The maximum absolute atomic E-state index is 6.62. The lowest BCUT2D eigenvalue weighted by atomic mass is 9.90. The summed E-state index contributed by atoms with van der Waals surface area (Å²) in [6.07, 6.45) is 6.46. The topological polar surface area (TPSA) is 29.3 Å². The van der Waals surface area contributed by atoms with Gasteiger partial charge in [0.1, 0.15) is 0 Å². The number of benzene rings is 1. The van der Waals surface area contributed by atoms with E-state index in [1.807, 2.05) is 0 Å². The molecule has 0 amide bonds. The fraction of sp³-hybridized carbons (Fsp3) is 0.684. The Morgan fingerprint density at radius 2 is 1.81 bits per heavy atom. The molecule has 1 aromatic rings. The number of hydrogen-bond acceptors (Lipinski definition) is 2. The first kappa shape index (κ1) is 15.1. The van der Waals surface area contributed by atoms with Gasteiger partial charge >= 0.3 is 0 Å². The zero-order valence-electron chi connectivity index (χ0n) is 13.6. The molecule has 2 N–H and O–H groups in total. The van der Waals surface area contributed by atoms with Gasteiger partial charge in [0.25, 0.3) is 0 Å². The van der Waals surface area contributed by atoms with Crippen molar-refractivity contribution in [3.05, 3.63) is 35.4 Å². The fourth-order valence-corrected chi connectivity index (χ4v) is 3.91. The van der Waals surface area contributed by atoms with Crippen LogP contribution in [-0.2, 0) is 0 Å². The Hall–Kier alpha value is -0.860. The zero-order chi connectivity index (χ0) is 14.8. The van der Waals surface area contributed by atoms with Gasteiger partial charge in [-0.25, -0.2) is 0 Å². The molecule has 2 atom stereocenters. The molecule has 0 aromatic heterocycles. The van der Waals surface area contributed by atoms with E-state index in [1.165, 1.54) is 37.8 Å². The van der Waals surface area contributed by atoms with Crippen LogP contribution in [0.1, 0.15) is 69.0 Å². The largest absolute Gasteiger partial charge is 0.326 e. The molecule has 2 aliphatic rings. The molecular formula is C19H30N2. The Bertz CT molecular complexity index is 464. The lowest BCUT2D eigenvalue weighted by Crippen LogP contribution is -2.41. The summed E-state index contributed by atoms with van der Waals surface area (Å²) in [5.41, 5.74) is 9.73. The number of likely N-dealkylation sites (tertiary alicyclic amines) is 1. The summed E-state index contributed by atoms with van der Waals surface area (Å²) in [6.45, 7) is 7.01. The molecule has 21 heavy (non-hydrogen) atoms. The van der Waals surface area contributed by atoms with Crippen LogP contribution in [0.15, 0.2) is 24.3 Å². The summed E-state index contributed by atoms with van der Waals surface area (Å²) < 4.78 is 0. The zero-order valence-corrected chi connectivity index (χ0v) is 13.6. The van der Waals surface area contributed by atoms with Crippen molar-refractivity contribution in [2.24, 2.45) is 11.7 Å². The summed E-state index contributed by atoms with van der Waals surface area (Å²) in [7, 11) is 0. The van der Waals surface area contributed by atoms with E-state index in [0.717, 1.165) is 18.9 Å². The van der Waals surface area contributed by atoms with E-state index in [-0.39, 0.29) is 6.04 Å². The van der Waals surface area contributed by atoms with E-state index in [0.29, 0.717) is 12.0 Å². The molecule has 2 unspecified atom stereocenters. The van der Waals surface area contributed by atoms with E-state index < -0.39 is 0 Å². The van der Waals surface area contributed by atoms with Crippen LogP contribution in [-0.4, -0.2) is 24.0 Å². The van der Waals surface area contributed by atoms with Crippen LogP contribution in [0, 0.1) is 5.92 Å². The van der Waals surface area contributed by atoms with Gasteiger partial charge in [-0.1, -0.05) is 44.5 Å². The van der Waals surface area contributed by atoms with Crippen LogP contribution in [0.2, 0.25) is 0 Å². The third kappa shape index (κ3) is 3.49. The van der Waals surface area contributed by atoms with Crippen LogP contribution < -0.4 is 5.73 Å². The van der Waals surface area contributed by atoms with E-state index in [9.17, 15) is 0 Å². The lowest BCUT2D eigenvalue weighted by molar-refractivity contribution is 0.165. The average Bonchev–Trinajstić information content (AvgIpc) is 3.27. The van der Waals surface area contributed by atoms with Gasteiger partial charge in [-0.05, 0) is 55.2 Å². The van der Waals surface area contributed by atoms with Crippen molar-refractivity contribution >= 4 is 0 Å². The van der Waals surface area contributed by atoms with Crippen molar-refractivity contribution < 1.29 is 0 Å². The van der Waals surface area contributed by atoms with E-state index >= 15 is 0 Å². The van der Waals surface area contributed by atoms with Crippen LogP contribution in [0.4, 0.5) is 0 Å². The SMILES string of the molecule is CC(C)CN1CCCCC(N)C1c1ccccc1C1CC1. The minimum atomic E-state index is 0.283. The smallest absolute Gasteiger partial charge is 0.0502 e. The second-order valence-corrected chi connectivity index (χ2v) is 7.40. The second kappa shape index (κ2) is 6.50. The lowest BCUT2D eigenvalue weighted by Gasteiger charge is -2.36. The quantitative estimate of drug-likeness (QED) is 0.904. The summed E-state index contributed by atoms with van der Waals surface area (Å²) >= 11 is 0. The molecular weight excluding hydrogens is 256 g/mol. The predicted octanol–water partition coefficient (Wildman–Crippen LogP) is 4.07. The summed E-state index contributed by atoms with van der Waals surface area (Å²) in [5, 5.41) is 0. The van der Waals surface area contributed by atoms with Gasteiger partial charge < -0.3 is 5.73 Å². The molecule has 116 valence electrons. The maximum Gasteiger partial charge on any atom is 0.0502 e. The van der Waals surface area contributed by atoms with Gasteiger partial charge in [-0.2, -0.15) is 0 Å². The highest BCUT2D eigenvalue weighted by Gasteiger charge is 2.34. The monoisotopic (exact) mass is 286 g/mol. The van der Waals surface area contributed by atoms with Crippen molar-refractivity contribution in [1.82, 2.24) is 4.90 Å². The highest BCUT2D eigenvalue weighted by molar-refractivity contribution is 5.36. The molecule has 1 heterocycles. The van der Waals surface area contributed by atoms with E-state index in [1.54, 1.807) is 5.56 Å². The van der Waals surface area contributed by atoms with Gasteiger partial charge in [0, 0.05) is 12.6 Å². The summed E-state index contributed by atoms with van der Waals surface area (Å²) in [4.78, 5) is 2.67. The van der Waals surface area contributed by atoms with Crippen molar-refractivity contribution in [2.45, 2.75) is 64.0 Å². The minimum Gasteiger partial charge on any atom is -0.326 e. The predicted molar refractivity (Wildman–Crippen MR) is 89.4 cm³/mol. The van der Waals surface area contributed by atoms with Crippen molar-refractivity contribution in [1.29, 1.82) is 0 Å². The molecule has 2 fully saturated rings. The number of nitrogens with zero attached hydrogens (tertiary/aromatic N) is 1. The molecule has 1 aliphatic carbocycles. The van der Waals surface area contributed by atoms with Crippen LogP contribution >= 0.6 is 0 Å². The van der Waals surface area contributed by atoms with Crippen LogP contribution in [0.3, 0.4) is 0 Å². The molecule has 1 saturated heterocycles. The normalized spacial score (nSPS) is 27.8. The van der Waals surface area contributed by atoms with Gasteiger partial charge in [-0.15, -0.1) is 0 Å². The maximum atomic E-state index is 6.62. The van der Waals surface area contributed by atoms with Crippen molar-refractivity contribution in [3.63, 3.8) is 0 Å². The van der Waals surface area contributed by atoms with Gasteiger partial charge in [0.15, 0.2) is 0 Å². The molecule has 1 saturated carbocycles. The third-order valence-corrected chi connectivity index (χ3v) is 4.96. The Labute approximate surface area is 129 Å². The standard InChI is InChI=1S/C19H30N2/c1-14(2)13-21-12-6-5-9-18(20)19(21)17-8-4-3-7-16(17)15-10-11-15/h3-4,7-8,14-15,18-19H,5-6,9-13,20H2,1-2H3. The molecule has 1 aliphatic heterocycles. The Morgan fingerprint density at radius 3 is 2.48 bits per heavy atom. The number of nitrogens with two attached hydrogens (primary N) is 1. The Morgan fingerprint density at radius 1 is 1.10 bits per heavy atom. The highest BCUT2D eigenvalue weighted by atomic mass is 15.2. The molecule has 2 heteroatoms. The van der Waals surface area contributed by atoms with Crippen LogP contribution in [0.5, 0.6) is 0 Å². The Kier molecular flexibility index (Phi) is 4.66. The number of hydrogen-bond donors (Lipinski definition) is 1. The average molecular weight is 286 g/mol. The summed E-state index contributed by atoms with van der Waals surface area (Å²) in [5.74, 6) is 1.50. The second-order valence-electron chi connectivity index (χ2n) is 7.40. The van der Waals surface area contributed by atoms with Gasteiger partial charge in [0.2, 0.25) is 0 Å². The summed E-state index contributed by atoms with van der Waals surface area (Å²) in [6, 6.07) is 9.80. The first-order valence-electron chi connectivity index (χ1n) is 8.75. The van der Waals surface area contributed by atoms with Gasteiger partial charge in [0.05, 0.1) is 6.04 Å². The molecule has 0 radical (unpaired) electrons.